The minimum Gasteiger partial charge on any atom is -0.497 e. The molecule has 1 aromatic heterocycles. The number of aromatic nitrogens is 1. The molecular formula is C26H31N3O4. The number of likely N-dealkylation sites (tertiary alicyclic amines) is 1. The Morgan fingerprint density at radius 3 is 2.64 bits per heavy atom. The number of para-hydroxylation sites is 1. The van der Waals surface area contributed by atoms with Crippen LogP contribution in [0.5, 0.6) is 11.5 Å². The van der Waals surface area contributed by atoms with Gasteiger partial charge in [-0.25, -0.2) is 0 Å². The Kier molecular flexibility index (Phi) is 7.17. The fourth-order valence-electron chi connectivity index (χ4n) is 4.33. The molecule has 33 heavy (non-hydrogen) atoms. The highest BCUT2D eigenvalue weighted by Gasteiger charge is 2.21. The Labute approximate surface area is 194 Å². The first-order valence-corrected chi connectivity index (χ1v) is 11.5. The van der Waals surface area contributed by atoms with Crippen molar-refractivity contribution in [3.8, 4) is 11.5 Å². The van der Waals surface area contributed by atoms with Gasteiger partial charge in [0.1, 0.15) is 18.0 Å². The van der Waals surface area contributed by atoms with E-state index in [1.807, 2.05) is 71.1 Å². The summed E-state index contributed by atoms with van der Waals surface area (Å²) < 4.78 is 13.1. The van der Waals surface area contributed by atoms with Gasteiger partial charge in [0.25, 0.3) is 5.91 Å². The molecular weight excluding hydrogens is 418 g/mol. The average Bonchev–Trinajstić information content (AvgIpc) is 3.51. The van der Waals surface area contributed by atoms with Gasteiger partial charge in [-0.15, -0.1) is 0 Å². The Morgan fingerprint density at radius 1 is 1.09 bits per heavy atom. The summed E-state index contributed by atoms with van der Waals surface area (Å²) in [6.07, 6.45) is 4.72. The van der Waals surface area contributed by atoms with Gasteiger partial charge in [-0.2, -0.15) is 0 Å². The molecule has 1 fully saturated rings. The molecule has 7 heteroatoms. The molecule has 1 atom stereocenters. The average molecular weight is 450 g/mol. The van der Waals surface area contributed by atoms with Crippen LogP contribution >= 0.6 is 0 Å². The Bertz CT molecular complexity index is 1120. The number of nitrogens with zero attached hydrogens (tertiary/aromatic N) is 2. The molecule has 1 saturated heterocycles. The summed E-state index contributed by atoms with van der Waals surface area (Å²) in [5.74, 6) is 1.35. The maximum atomic E-state index is 12.9. The van der Waals surface area contributed by atoms with Crippen molar-refractivity contribution in [3.05, 3.63) is 60.3 Å². The van der Waals surface area contributed by atoms with Crippen LogP contribution in [0.4, 0.5) is 0 Å². The molecule has 1 unspecified atom stereocenters. The molecule has 2 heterocycles. The molecule has 1 N–H and O–H groups in total. The zero-order chi connectivity index (χ0) is 23.2. The Balaban J connectivity index is 1.42. The Hall–Kier alpha value is -3.48. The van der Waals surface area contributed by atoms with Crippen LogP contribution in [0.3, 0.4) is 0 Å². The third kappa shape index (κ3) is 5.30. The lowest BCUT2D eigenvalue weighted by Gasteiger charge is -2.22. The molecule has 2 aromatic carbocycles. The number of benzene rings is 2. The van der Waals surface area contributed by atoms with Crippen LogP contribution in [-0.4, -0.2) is 48.1 Å². The van der Waals surface area contributed by atoms with Crippen molar-refractivity contribution in [2.24, 2.45) is 0 Å². The number of carbonyl (C=O) groups is 2. The number of ether oxygens (including phenoxy) is 2. The summed E-state index contributed by atoms with van der Waals surface area (Å²) in [6.45, 7) is 3.86. The first kappa shape index (κ1) is 22.7. The second kappa shape index (κ2) is 10.4. The molecule has 2 amide bonds. The van der Waals surface area contributed by atoms with Crippen molar-refractivity contribution in [2.75, 3.05) is 26.8 Å². The molecule has 0 bridgehead atoms. The van der Waals surface area contributed by atoms with Crippen molar-refractivity contribution in [1.29, 1.82) is 0 Å². The molecule has 174 valence electrons. The van der Waals surface area contributed by atoms with Gasteiger partial charge in [0, 0.05) is 35.8 Å². The van der Waals surface area contributed by atoms with Crippen molar-refractivity contribution in [3.63, 3.8) is 0 Å². The van der Waals surface area contributed by atoms with Crippen LogP contribution in [0.1, 0.15) is 37.8 Å². The first-order valence-electron chi connectivity index (χ1n) is 11.5. The zero-order valence-corrected chi connectivity index (χ0v) is 19.3. The van der Waals surface area contributed by atoms with Crippen molar-refractivity contribution >= 4 is 22.7 Å². The highest BCUT2D eigenvalue weighted by molar-refractivity contribution is 5.84. The second-order valence-corrected chi connectivity index (χ2v) is 8.31. The van der Waals surface area contributed by atoms with Crippen molar-refractivity contribution in [2.45, 2.75) is 38.8 Å². The second-order valence-electron chi connectivity index (χ2n) is 8.31. The van der Waals surface area contributed by atoms with Crippen LogP contribution in [0.2, 0.25) is 0 Å². The quantitative estimate of drug-likeness (QED) is 0.538. The molecule has 3 aromatic rings. The van der Waals surface area contributed by atoms with Gasteiger partial charge in [0.05, 0.1) is 13.2 Å². The van der Waals surface area contributed by atoms with E-state index >= 15 is 0 Å². The van der Waals surface area contributed by atoms with Crippen LogP contribution < -0.4 is 14.8 Å². The summed E-state index contributed by atoms with van der Waals surface area (Å²) >= 11 is 0. The highest BCUT2D eigenvalue weighted by atomic mass is 16.5. The van der Waals surface area contributed by atoms with E-state index in [9.17, 15) is 9.59 Å². The number of carbonyl (C=O) groups excluding carboxylic acids is 2. The van der Waals surface area contributed by atoms with E-state index in [1.54, 1.807) is 7.11 Å². The highest BCUT2D eigenvalue weighted by Crippen LogP contribution is 2.28. The van der Waals surface area contributed by atoms with Crippen LogP contribution in [-0.2, 0) is 16.1 Å². The van der Waals surface area contributed by atoms with Crippen molar-refractivity contribution in [1.82, 2.24) is 14.8 Å². The standard InChI is InChI=1S/C26H31N3O4/c1-3-22(21-8-4-5-9-24(21)33-18-26(31)28-13-6-7-14-28)27-25(30)17-29-15-12-19-16-20(32-2)10-11-23(19)29/h4-5,8-12,15-16,22H,3,6-7,13-14,17-18H2,1-2H3,(H,27,30). The molecule has 7 nitrogen and oxygen atoms in total. The van der Waals surface area contributed by atoms with E-state index in [0.29, 0.717) is 12.2 Å². The summed E-state index contributed by atoms with van der Waals surface area (Å²) in [7, 11) is 1.64. The lowest BCUT2D eigenvalue weighted by atomic mass is 10.0. The Morgan fingerprint density at radius 2 is 1.88 bits per heavy atom. The molecule has 4 rings (SSSR count). The smallest absolute Gasteiger partial charge is 0.260 e. The fourth-order valence-corrected chi connectivity index (χ4v) is 4.33. The van der Waals surface area contributed by atoms with Crippen molar-refractivity contribution < 1.29 is 19.1 Å². The molecule has 1 aliphatic rings. The summed E-state index contributed by atoms with van der Waals surface area (Å²) in [5, 5.41) is 4.16. The number of methoxy groups -OCH3 is 1. The van der Waals surface area contributed by atoms with Gasteiger partial charge < -0.3 is 24.3 Å². The third-order valence-corrected chi connectivity index (χ3v) is 6.14. The molecule has 0 saturated carbocycles. The fraction of sp³-hybridized carbons (Fsp3) is 0.385. The van der Waals surface area contributed by atoms with Crippen LogP contribution in [0, 0.1) is 0 Å². The summed E-state index contributed by atoms with van der Waals surface area (Å²) in [4.78, 5) is 27.2. The lowest BCUT2D eigenvalue weighted by molar-refractivity contribution is -0.132. The summed E-state index contributed by atoms with van der Waals surface area (Å²) in [6, 6.07) is 15.2. The maximum Gasteiger partial charge on any atom is 0.260 e. The lowest BCUT2D eigenvalue weighted by Crippen LogP contribution is -2.33. The van der Waals surface area contributed by atoms with Gasteiger partial charge in [-0.1, -0.05) is 25.1 Å². The van der Waals surface area contributed by atoms with Gasteiger partial charge in [0.15, 0.2) is 6.61 Å². The van der Waals surface area contributed by atoms with Crippen LogP contribution in [0.15, 0.2) is 54.7 Å². The molecule has 0 spiro atoms. The van der Waals surface area contributed by atoms with Crippen LogP contribution in [0.25, 0.3) is 10.9 Å². The van der Waals surface area contributed by atoms with E-state index < -0.39 is 0 Å². The predicted octanol–water partition coefficient (Wildman–Crippen LogP) is 3.92. The number of fused-ring (bicyclic) bond motifs is 1. The van der Waals surface area contributed by atoms with E-state index in [4.69, 9.17) is 9.47 Å². The first-order chi connectivity index (χ1) is 16.1. The predicted molar refractivity (Wildman–Crippen MR) is 127 cm³/mol. The van der Waals surface area contributed by atoms with Gasteiger partial charge >= 0.3 is 0 Å². The monoisotopic (exact) mass is 449 g/mol. The van der Waals surface area contributed by atoms with E-state index in [0.717, 1.165) is 48.1 Å². The molecule has 0 aliphatic carbocycles. The third-order valence-electron chi connectivity index (χ3n) is 6.14. The SMILES string of the molecule is CCC(NC(=O)Cn1ccc2cc(OC)ccc21)c1ccccc1OCC(=O)N1CCCC1. The minimum absolute atomic E-state index is 0.00973. The van der Waals surface area contributed by atoms with E-state index in [2.05, 4.69) is 5.32 Å². The normalized spacial score (nSPS) is 14.3. The number of nitrogens with one attached hydrogen (secondary N) is 1. The van der Waals surface area contributed by atoms with Gasteiger partial charge in [-0.3, -0.25) is 9.59 Å². The number of hydrogen-bond donors (Lipinski definition) is 1. The maximum absolute atomic E-state index is 12.9. The molecule has 1 aliphatic heterocycles. The van der Waals surface area contributed by atoms with Gasteiger partial charge in [-0.05, 0) is 49.6 Å². The number of rotatable bonds is 9. The summed E-state index contributed by atoms with van der Waals surface area (Å²) in [5.41, 5.74) is 1.85. The minimum atomic E-state index is -0.211. The number of amides is 2. The van der Waals surface area contributed by atoms with Gasteiger partial charge in [0.2, 0.25) is 5.91 Å². The zero-order valence-electron chi connectivity index (χ0n) is 19.3. The number of hydrogen-bond acceptors (Lipinski definition) is 4. The van der Waals surface area contributed by atoms with E-state index in [-0.39, 0.29) is 31.0 Å². The van der Waals surface area contributed by atoms with E-state index in [1.165, 1.54) is 0 Å². The molecule has 0 radical (unpaired) electrons. The largest absolute Gasteiger partial charge is 0.497 e. The topological polar surface area (TPSA) is 72.8 Å².